The molecular formula is C30H22Br2. The maximum atomic E-state index is 4.02. The van der Waals surface area contributed by atoms with E-state index in [1.54, 1.807) is 0 Å². The molecule has 0 nitrogen and oxygen atoms in total. The number of benzene rings is 4. The number of halogens is 2. The van der Waals surface area contributed by atoms with E-state index in [0.717, 1.165) is 4.48 Å². The largest absolute Gasteiger partial charge is 0.0622 e. The van der Waals surface area contributed by atoms with Crippen molar-refractivity contribution in [1.29, 1.82) is 0 Å². The van der Waals surface area contributed by atoms with E-state index >= 15 is 0 Å². The topological polar surface area (TPSA) is 0 Å². The first-order valence-electron chi connectivity index (χ1n) is 10.8. The Morgan fingerprint density at radius 1 is 0.688 bits per heavy atom. The van der Waals surface area contributed by atoms with E-state index in [1.165, 1.54) is 37.9 Å². The van der Waals surface area contributed by atoms with Crippen LogP contribution in [-0.4, -0.2) is 0 Å². The van der Waals surface area contributed by atoms with Gasteiger partial charge < -0.3 is 0 Å². The van der Waals surface area contributed by atoms with Crippen LogP contribution in [0.4, 0.5) is 0 Å². The summed E-state index contributed by atoms with van der Waals surface area (Å²) in [6, 6.07) is 40.9. The summed E-state index contributed by atoms with van der Waals surface area (Å²) in [7, 11) is 0. The minimum atomic E-state index is 0.109. The van der Waals surface area contributed by atoms with Crippen LogP contribution in [0.2, 0.25) is 0 Å². The Hall–Kier alpha value is -2.68. The lowest BCUT2D eigenvalue weighted by Gasteiger charge is -2.25. The third-order valence-corrected chi connectivity index (χ3v) is 7.67. The molecule has 0 heterocycles. The van der Waals surface area contributed by atoms with Gasteiger partial charge in [0.15, 0.2) is 0 Å². The van der Waals surface area contributed by atoms with Crippen LogP contribution in [-0.2, 0) is 0 Å². The molecule has 0 N–H and O–H groups in total. The molecule has 1 aliphatic carbocycles. The maximum absolute atomic E-state index is 4.02. The highest BCUT2D eigenvalue weighted by Gasteiger charge is 2.35. The van der Waals surface area contributed by atoms with Crippen LogP contribution in [0.1, 0.15) is 39.7 Å². The molecule has 2 heteroatoms. The van der Waals surface area contributed by atoms with Crippen molar-refractivity contribution in [3.63, 3.8) is 0 Å². The third kappa shape index (κ3) is 4.05. The van der Waals surface area contributed by atoms with Crippen molar-refractivity contribution >= 4 is 40.8 Å². The Morgan fingerprint density at radius 2 is 1.25 bits per heavy atom. The van der Waals surface area contributed by atoms with Gasteiger partial charge in [0, 0.05) is 20.8 Å². The van der Waals surface area contributed by atoms with Crippen molar-refractivity contribution in [2.24, 2.45) is 0 Å². The van der Waals surface area contributed by atoms with Crippen LogP contribution < -0.4 is 0 Å². The van der Waals surface area contributed by atoms with Gasteiger partial charge in [0.2, 0.25) is 0 Å². The molecule has 0 aromatic heterocycles. The Balaban J connectivity index is 1.72. The molecule has 4 aromatic rings. The van der Waals surface area contributed by atoms with E-state index < -0.39 is 0 Å². The summed E-state index contributed by atoms with van der Waals surface area (Å²) in [4.78, 5) is 0. The highest BCUT2D eigenvalue weighted by Crippen LogP contribution is 2.53. The molecule has 0 radical (unpaired) electrons. The predicted octanol–water partition coefficient (Wildman–Crippen LogP) is 9.16. The standard InChI is InChI=1S/C30H22Br2/c31-27(22-14-6-2-7-15-22)20-26(21-12-4-1-5-13-21)29-28(23-16-8-3-9-17-23)24-18-10-11-19-25(24)30(29)32/h1-20,26,28H/b27-20-/t26-,28+/m0/s1. The third-order valence-electron chi connectivity index (χ3n) is 6.06. The molecule has 0 saturated carbocycles. The Bertz CT molecular complexity index is 1270. The summed E-state index contributed by atoms with van der Waals surface area (Å²) in [5, 5.41) is 0. The lowest BCUT2D eigenvalue weighted by atomic mass is 9.79. The van der Waals surface area contributed by atoms with Gasteiger partial charge >= 0.3 is 0 Å². The SMILES string of the molecule is BrC1=C([C@@H](/C=C(\Br)c2ccccc2)c2ccccc2)[C@H](c2ccccc2)c2ccccc21. The second-order valence-electron chi connectivity index (χ2n) is 7.97. The van der Waals surface area contributed by atoms with Crippen molar-refractivity contribution in [2.45, 2.75) is 11.8 Å². The van der Waals surface area contributed by atoms with Gasteiger partial charge in [-0.3, -0.25) is 0 Å². The van der Waals surface area contributed by atoms with Gasteiger partial charge in [-0.15, -0.1) is 0 Å². The van der Waals surface area contributed by atoms with Crippen LogP contribution in [0.5, 0.6) is 0 Å². The molecule has 0 spiro atoms. The van der Waals surface area contributed by atoms with E-state index in [1.807, 2.05) is 0 Å². The number of allylic oxidation sites excluding steroid dienone is 2. The maximum Gasteiger partial charge on any atom is 0.0328 e. The zero-order valence-electron chi connectivity index (χ0n) is 17.5. The quantitative estimate of drug-likeness (QED) is 0.236. The van der Waals surface area contributed by atoms with Crippen molar-refractivity contribution < 1.29 is 0 Å². The van der Waals surface area contributed by atoms with E-state index in [0.29, 0.717) is 0 Å². The second-order valence-corrected chi connectivity index (χ2v) is 9.62. The summed E-state index contributed by atoms with van der Waals surface area (Å²) >= 11 is 7.91. The van der Waals surface area contributed by atoms with Crippen LogP contribution in [0.25, 0.3) is 8.96 Å². The van der Waals surface area contributed by atoms with Crippen molar-refractivity contribution in [3.05, 3.63) is 155 Å². The first-order chi connectivity index (χ1) is 15.7. The van der Waals surface area contributed by atoms with Gasteiger partial charge in [-0.2, -0.15) is 0 Å². The molecule has 32 heavy (non-hydrogen) atoms. The van der Waals surface area contributed by atoms with Gasteiger partial charge in [-0.05, 0) is 33.4 Å². The molecule has 0 unspecified atom stereocenters. The Kier molecular flexibility index (Phi) is 6.25. The first kappa shape index (κ1) is 21.2. The molecule has 2 atom stereocenters. The van der Waals surface area contributed by atoms with Crippen molar-refractivity contribution in [3.8, 4) is 0 Å². The monoisotopic (exact) mass is 540 g/mol. The van der Waals surface area contributed by atoms with Crippen molar-refractivity contribution in [1.82, 2.24) is 0 Å². The average molecular weight is 542 g/mol. The van der Waals surface area contributed by atoms with Gasteiger partial charge in [-0.25, -0.2) is 0 Å². The van der Waals surface area contributed by atoms with Crippen LogP contribution in [0.3, 0.4) is 0 Å². The van der Waals surface area contributed by atoms with E-state index in [-0.39, 0.29) is 11.8 Å². The summed E-state index contributed by atoms with van der Waals surface area (Å²) in [5.41, 5.74) is 7.77. The fraction of sp³-hybridized carbons (Fsp3) is 0.0667. The average Bonchev–Trinajstić information content (AvgIpc) is 3.16. The fourth-order valence-electron chi connectivity index (χ4n) is 4.58. The molecule has 0 aliphatic heterocycles. The lowest BCUT2D eigenvalue weighted by Crippen LogP contribution is -2.09. The van der Waals surface area contributed by atoms with E-state index in [9.17, 15) is 0 Å². The predicted molar refractivity (Wildman–Crippen MR) is 143 cm³/mol. The van der Waals surface area contributed by atoms with Gasteiger partial charge in [-0.1, -0.05) is 153 Å². The molecule has 0 amide bonds. The normalized spacial score (nSPS) is 16.7. The second kappa shape index (κ2) is 9.44. The molecule has 4 aromatic carbocycles. The molecule has 156 valence electrons. The zero-order valence-corrected chi connectivity index (χ0v) is 20.6. The summed E-state index contributed by atoms with van der Waals surface area (Å²) in [5.74, 6) is 0.303. The molecular weight excluding hydrogens is 520 g/mol. The summed E-state index contributed by atoms with van der Waals surface area (Å²) < 4.78 is 2.29. The smallest absolute Gasteiger partial charge is 0.0328 e. The Morgan fingerprint density at radius 3 is 1.94 bits per heavy atom. The lowest BCUT2D eigenvalue weighted by molar-refractivity contribution is 0.863. The Labute approximate surface area is 206 Å². The first-order valence-corrected chi connectivity index (χ1v) is 12.3. The number of hydrogen-bond donors (Lipinski definition) is 0. The molecule has 1 aliphatic rings. The minimum absolute atomic E-state index is 0.109. The fourth-order valence-corrected chi connectivity index (χ4v) is 5.95. The molecule has 0 fully saturated rings. The molecule has 0 bridgehead atoms. The molecule has 5 rings (SSSR count). The number of fused-ring (bicyclic) bond motifs is 1. The van der Waals surface area contributed by atoms with Crippen LogP contribution in [0.15, 0.2) is 127 Å². The van der Waals surface area contributed by atoms with Gasteiger partial charge in [0.1, 0.15) is 0 Å². The minimum Gasteiger partial charge on any atom is -0.0622 e. The summed E-state index contributed by atoms with van der Waals surface area (Å²) in [6.45, 7) is 0. The van der Waals surface area contributed by atoms with E-state index in [4.69, 9.17) is 0 Å². The van der Waals surface area contributed by atoms with Crippen LogP contribution >= 0.6 is 31.9 Å². The van der Waals surface area contributed by atoms with E-state index in [2.05, 4.69) is 153 Å². The molecule has 0 saturated heterocycles. The van der Waals surface area contributed by atoms with Gasteiger partial charge in [0.25, 0.3) is 0 Å². The van der Waals surface area contributed by atoms with Crippen LogP contribution in [0, 0.1) is 0 Å². The van der Waals surface area contributed by atoms with Crippen molar-refractivity contribution in [2.75, 3.05) is 0 Å². The summed E-state index contributed by atoms with van der Waals surface area (Å²) in [6.07, 6.45) is 2.35. The number of hydrogen-bond acceptors (Lipinski definition) is 0. The highest BCUT2D eigenvalue weighted by molar-refractivity contribution is 9.15. The van der Waals surface area contributed by atoms with Gasteiger partial charge in [0.05, 0.1) is 0 Å². The zero-order chi connectivity index (χ0) is 21.9. The number of rotatable bonds is 5. The highest BCUT2D eigenvalue weighted by atomic mass is 79.9.